The molecule has 0 saturated heterocycles. The zero-order valence-corrected chi connectivity index (χ0v) is 16.4. The van der Waals surface area contributed by atoms with Crippen molar-refractivity contribution in [2.24, 2.45) is 0 Å². The molecule has 2 amide bonds. The lowest BCUT2D eigenvalue weighted by molar-refractivity contribution is 0.0937. The largest absolute Gasteiger partial charge is 0.349 e. The second-order valence-corrected chi connectivity index (χ2v) is 6.98. The quantitative estimate of drug-likeness (QED) is 0.850. The van der Waals surface area contributed by atoms with Gasteiger partial charge in [0.05, 0.1) is 5.69 Å². The van der Waals surface area contributed by atoms with Crippen molar-refractivity contribution in [2.45, 2.75) is 53.0 Å². The predicted octanol–water partition coefficient (Wildman–Crippen LogP) is 3.33. The summed E-state index contributed by atoms with van der Waals surface area (Å²) in [6, 6.07) is 7.90. The first-order valence-electron chi connectivity index (χ1n) is 9.83. The monoisotopic (exact) mass is 368 g/mol. The average Bonchev–Trinajstić information content (AvgIpc) is 3.06. The molecule has 27 heavy (non-hydrogen) atoms. The summed E-state index contributed by atoms with van der Waals surface area (Å²) >= 11 is 0. The molecule has 0 atom stereocenters. The Bertz CT molecular complexity index is 841. The Morgan fingerprint density at radius 1 is 1.26 bits per heavy atom. The van der Waals surface area contributed by atoms with Crippen LogP contribution in [-0.2, 0) is 13.0 Å². The lowest BCUT2D eigenvalue weighted by Gasteiger charge is -2.22. The number of aromatic nitrogens is 2. The summed E-state index contributed by atoms with van der Waals surface area (Å²) in [4.78, 5) is 32.1. The van der Waals surface area contributed by atoms with E-state index in [4.69, 9.17) is 0 Å². The molecule has 1 aromatic carbocycles. The Kier molecular flexibility index (Phi) is 5.94. The Morgan fingerprint density at radius 2 is 2.07 bits per heavy atom. The van der Waals surface area contributed by atoms with E-state index in [2.05, 4.69) is 10.3 Å². The van der Waals surface area contributed by atoms with Crippen molar-refractivity contribution < 1.29 is 9.59 Å². The highest BCUT2D eigenvalue weighted by Crippen LogP contribution is 2.25. The molecular formula is C21H28N4O2. The molecule has 0 bridgehead atoms. The van der Waals surface area contributed by atoms with Gasteiger partial charge in [-0.2, -0.15) is 0 Å². The first kappa shape index (κ1) is 19.1. The van der Waals surface area contributed by atoms with E-state index in [-0.39, 0.29) is 11.8 Å². The van der Waals surface area contributed by atoms with Crippen molar-refractivity contribution in [1.29, 1.82) is 0 Å². The number of rotatable bonds is 6. The highest BCUT2D eigenvalue weighted by Gasteiger charge is 2.29. The molecule has 144 valence electrons. The van der Waals surface area contributed by atoms with E-state index in [0.717, 1.165) is 49.2 Å². The van der Waals surface area contributed by atoms with Gasteiger partial charge >= 0.3 is 0 Å². The standard InChI is InChI=1S/C21H28N4O2/c1-4-12-22-20(26)19-23-18(17-11-6-7-13-25(17)19)21(27)24(5-2)16-10-8-9-15(3)14-16/h8-10,14H,4-7,11-13H2,1-3H3,(H,22,26). The van der Waals surface area contributed by atoms with Crippen LogP contribution in [0.3, 0.4) is 0 Å². The van der Waals surface area contributed by atoms with Crippen molar-refractivity contribution >= 4 is 17.5 Å². The molecule has 0 spiro atoms. The van der Waals surface area contributed by atoms with E-state index in [1.807, 2.05) is 49.6 Å². The number of carbonyl (C=O) groups excluding carboxylic acids is 2. The van der Waals surface area contributed by atoms with Crippen LogP contribution in [0.2, 0.25) is 0 Å². The van der Waals surface area contributed by atoms with Crippen LogP contribution in [0.15, 0.2) is 24.3 Å². The van der Waals surface area contributed by atoms with Gasteiger partial charge in [0.25, 0.3) is 11.8 Å². The van der Waals surface area contributed by atoms with Gasteiger partial charge in [0.15, 0.2) is 11.5 Å². The molecule has 3 rings (SSSR count). The lowest BCUT2D eigenvalue weighted by atomic mass is 10.1. The minimum atomic E-state index is -0.197. The van der Waals surface area contributed by atoms with Crippen molar-refractivity contribution in [2.75, 3.05) is 18.0 Å². The maximum absolute atomic E-state index is 13.3. The molecule has 1 aromatic heterocycles. The van der Waals surface area contributed by atoms with E-state index in [1.54, 1.807) is 4.90 Å². The van der Waals surface area contributed by atoms with E-state index in [0.29, 0.717) is 24.6 Å². The Hall–Kier alpha value is -2.63. The number of benzene rings is 1. The maximum atomic E-state index is 13.3. The number of fused-ring (bicyclic) bond motifs is 1. The normalized spacial score (nSPS) is 13.1. The second-order valence-electron chi connectivity index (χ2n) is 6.98. The third-order valence-corrected chi connectivity index (χ3v) is 4.93. The molecule has 2 heterocycles. The highest BCUT2D eigenvalue weighted by molar-refractivity contribution is 6.06. The average molecular weight is 368 g/mol. The number of amides is 2. The van der Waals surface area contributed by atoms with Crippen LogP contribution >= 0.6 is 0 Å². The summed E-state index contributed by atoms with van der Waals surface area (Å²) in [5, 5.41) is 2.89. The summed E-state index contributed by atoms with van der Waals surface area (Å²) in [5.74, 6) is 0.0303. The Balaban J connectivity index is 1.98. The van der Waals surface area contributed by atoms with Crippen LogP contribution in [-0.4, -0.2) is 34.5 Å². The lowest BCUT2D eigenvalue weighted by Crippen LogP contribution is -2.32. The molecular weight excluding hydrogens is 340 g/mol. The third-order valence-electron chi connectivity index (χ3n) is 4.93. The van der Waals surface area contributed by atoms with Gasteiger partial charge in [0.1, 0.15) is 0 Å². The maximum Gasteiger partial charge on any atom is 0.287 e. The van der Waals surface area contributed by atoms with Gasteiger partial charge in [-0.15, -0.1) is 0 Å². The van der Waals surface area contributed by atoms with Crippen molar-refractivity contribution in [3.63, 3.8) is 0 Å². The number of hydrogen-bond acceptors (Lipinski definition) is 3. The van der Waals surface area contributed by atoms with Gasteiger partial charge in [0.2, 0.25) is 0 Å². The summed E-state index contributed by atoms with van der Waals surface area (Å²) in [5.41, 5.74) is 3.26. The van der Waals surface area contributed by atoms with Crippen LogP contribution in [0.25, 0.3) is 0 Å². The molecule has 0 aliphatic carbocycles. The molecule has 0 radical (unpaired) electrons. The number of aryl methyl sites for hydroxylation is 1. The van der Waals surface area contributed by atoms with Crippen LogP contribution in [0.5, 0.6) is 0 Å². The molecule has 2 aromatic rings. The number of anilines is 1. The topological polar surface area (TPSA) is 67.2 Å². The number of nitrogens with one attached hydrogen (secondary N) is 1. The number of imidazole rings is 1. The number of carbonyl (C=O) groups is 2. The third kappa shape index (κ3) is 3.89. The smallest absolute Gasteiger partial charge is 0.287 e. The van der Waals surface area contributed by atoms with E-state index in [1.165, 1.54) is 0 Å². The summed E-state index contributed by atoms with van der Waals surface area (Å²) in [7, 11) is 0. The van der Waals surface area contributed by atoms with Crippen LogP contribution in [0, 0.1) is 6.92 Å². The molecule has 6 heteroatoms. The zero-order valence-electron chi connectivity index (χ0n) is 16.4. The second kappa shape index (κ2) is 8.37. The fraction of sp³-hybridized carbons (Fsp3) is 0.476. The number of nitrogens with zero attached hydrogens (tertiary/aromatic N) is 3. The fourth-order valence-corrected chi connectivity index (χ4v) is 3.57. The van der Waals surface area contributed by atoms with Gasteiger partial charge < -0.3 is 14.8 Å². The molecule has 6 nitrogen and oxygen atoms in total. The van der Waals surface area contributed by atoms with Gasteiger partial charge in [-0.25, -0.2) is 4.98 Å². The summed E-state index contributed by atoms with van der Waals surface area (Å²) < 4.78 is 1.94. The molecule has 1 aliphatic heterocycles. The van der Waals surface area contributed by atoms with E-state index < -0.39 is 0 Å². The van der Waals surface area contributed by atoms with Crippen LogP contribution < -0.4 is 10.2 Å². The first-order valence-corrected chi connectivity index (χ1v) is 9.83. The Morgan fingerprint density at radius 3 is 2.78 bits per heavy atom. The highest BCUT2D eigenvalue weighted by atomic mass is 16.2. The van der Waals surface area contributed by atoms with Crippen LogP contribution in [0.1, 0.15) is 65.5 Å². The van der Waals surface area contributed by atoms with Crippen molar-refractivity contribution in [3.05, 3.63) is 47.0 Å². The van der Waals surface area contributed by atoms with E-state index in [9.17, 15) is 9.59 Å². The Labute approximate surface area is 160 Å². The fourth-order valence-electron chi connectivity index (χ4n) is 3.57. The van der Waals surface area contributed by atoms with Crippen LogP contribution in [0.4, 0.5) is 5.69 Å². The molecule has 0 unspecified atom stereocenters. The van der Waals surface area contributed by atoms with Gasteiger partial charge in [-0.05, 0) is 57.2 Å². The summed E-state index contributed by atoms with van der Waals surface area (Å²) in [6.45, 7) is 7.87. The number of hydrogen-bond donors (Lipinski definition) is 1. The molecule has 0 fully saturated rings. The van der Waals surface area contributed by atoms with Gasteiger partial charge in [-0.1, -0.05) is 19.1 Å². The molecule has 0 saturated carbocycles. The van der Waals surface area contributed by atoms with Gasteiger partial charge in [0, 0.05) is 25.3 Å². The van der Waals surface area contributed by atoms with Gasteiger partial charge in [-0.3, -0.25) is 9.59 Å². The predicted molar refractivity (Wildman–Crippen MR) is 106 cm³/mol. The zero-order chi connectivity index (χ0) is 19.4. The minimum Gasteiger partial charge on any atom is -0.349 e. The van der Waals surface area contributed by atoms with Crippen molar-refractivity contribution in [3.8, 4) is 0 Å². The van der Waals surface area contributed by atoms with E-state index >= 15 is 0 Å². The molecule has 1 aliphatic rings. The first-order chi connectivity index (χ1) is 13.1. The summed E-state index contributed by atoms with van der Waals surface area (Å²) in [6.07, 6.45) is 3.65. The van der Waals surface area contributed by atoms with Crippen molar-refractivity contribution in [1.82, 2.24) is 14.9 Å². The SMILES string of the molecule is CCCNC(=O)c1nc(C(=O)N(CC)c2cccc(C)c2)c2n1CCCC2. The minimum absolute atomic E-state index is 0.136. The molecule has 1 N–H and O–H groups in total.